The number of hydrogen-bond acceptors (Lipinski definition) is 4. The standard InChI is InChI=1S/C20H17N2O.C12H10N.Ir/c1-12(2)17-11-22-18(10-13(17)3)16-7-4-6-14-15-8-5-9-21-20(15)23-19(14)16;1-10-7-8-12(13-9-10)11-5-3-2-4-6-11;/h4-6,8-12H,1-3H3;2-5,7-9H,1H3;/q2*-1;. The number of pyridine rings is 3. The van der Waals surface area contributed by atoms with Gasteiger partial charge in [-0.15, -0.1) is 54.1 Å². The van der Waals surface area contributed by atoms with Crippen molar-refractivity contribution >= 4 is 22.1 Å². The Kier molecular flexibility index (Phi) is 8.27. The molecule has 187 valence electrons. The fourth-order valence-corrected chi connectivity index (χ4v) is 4.25. The first-order valence-corrected chi connectivity index (χ1v) is 12.1. The van der Waals surface area contributed by atoms with Crippen LogP contribution in [-0.4, -0.2) is 15.0 Å². The van der Waals surface area contributed by atoms with E-state index < -0.39 is 0 Å². The summed E-state index contributed by atoms with van der Waals surface area (Å²) in [6.07, 6.45) is 5.58. The second-order valence-corrected chi connectivity index (χ2v) is 9.13. The summed E-state index contributed by atoms with van der Waals surface area (Å²) in [5.74, 6) is 0.465. The second-order valence-electron chi connectivity index (χ2n) is 9.13. The number of furan rings is 1. The second kappa shape index (κ2) is 11.6. The number of aromatic nitrogens is 3. The molecular weight excluding hydrogens is 635 g/mol. The van der Waals surface area contributed by atoms with Gasteiger partial charge in [-0.3, -0.25) is 0 Å². The smallest absolute Gasteiger partial charge is 0.216 e. The molecule has 4 aromatic heterocycles. The number of benzene rings is 2. The Hall–Kier alpha value is -3.66. The van der Waals surface area contributed by atoms with Gasteiger partial charge >= 0.3 is 0 Å². The molecule has 6 rings (SSSR count). The van der Waals surface area contributed by atoms with Crippen molar-refractivity contribution in [1.82, 2.24) is 15.0 Å². The van der Waals surface area contributed by atoms with E-state index in [-0.39, 0.29) is 20.1 Å². The van der Waals surface area contributed by atoms with Crippen LogP contribution in [-0.2, 0) is 20.1 Å². The maximum Gasteiger partial charge on any atom is 0.216 e. The number of fused-ring (bicyclic) bond motifs is 3. The molecule has 0 aliphatic heterocycles. The molecule has 0 bridgehead atoms. The average molecular weight is 662 g/mol. The van der Waals surface area contributed by atoms with Crippen LogP contribution in [0.1, 0.15) is 36.5 Å². The van der Waals surface area contributed by atoms with Crippen molar-refractivity contribution in [3.05, 3.63) is 114 Å². The molecule has 0 saturated heterocycles. The van der Waals surface area contributed by atoms with E-state index in [1.54, 1.807) is 6.20 Å². The van der Waals surface area contributed by atoms with E-state index >= 15 is 0 Å². The Morgan fingerprint density at radius 1 is 0.784 bits per heavy atom. The van der Waals surface area contributed by atoms with Crippen molar-refractivity contribution in [3.8, 4) is 22.5 Å². The van der Waals surface area contributed by atoms with Crippen LogP contribution in [0, 0.1) is 26.0 Å². The first-order chi connectivity index (χ1) is 17.5. The van der Waals surface area contributed by atoms with Crippen LogP contribution < -0.4 is 0 Å². The molecule has 5 heteroatoms. The molecule has 4 nitrogen and oxygen atoms in total. The molecule has 0 fully saturated rings. The van der Waals surface area contributed by atoms with Gasteiger partial charge in [0.05, 0.1) is 5.58 Å². The fourth-order valence-electron chi connectivity index (χ4n) is 4.25. The van der Waals surface area contributed by atoms with Crippen LogP contribution in [0.5, 0.6) is 0 Å². The van der Waals surface area contributed by atoms with Gasteiger partial charge in [-0.2, -0.15) is 0 Å². The molecule has 4 heterocycles. The Balaban J connectivity index is 0.000000195. The molecule has 0 amide bonds. The average Bonchev–Trinajstić information content (AvgIpc) is 3.29. The van der Waals surface area contributed by atoms with Crippen LogP contribution >= 0.6 is 0 Å². The minimum Gasteiger partial charge on any atom is -0.486 e. The minimum absolute atomic E-state index is 0. The summed E-state index contributed by atoms with van der Waals surface area (Å²) in [5.41, 5.74) is 8.94. The molecule has 1 radical (unpaired) electrons. The van der Waals surface area contributed by atoms with Crippen molar-refractivity contribution in [2.45, 2.75) is 33.6 Å². The van der Waals surface area contributed by atoms with Gasteiger partial charge in [-0.1, -0.05) is 48.6 Å². The van der Waals surface area contributed by atoms with E-state index in [9.17, 15) is 0 Å². The Morgan fingerprint density at radius 2 is 1.62 bits per heavy atom. The Morgan fingerprint density at radius 3 is 2.32 bits per heavy atom. The van der Waals surface area contributed by atoms with Crippen molar-refractivity contribution in [1.29, 1.82) is 0 Å². The molecule has 37 heavy (non-hydrogen) atoms. The summed E-state index contributed by atoms with van der Waals surface area (Å²) in [6.45, 7) is 8.52. The van der Waals surface area contributed by atoms with E-state index in [1.807, 2.05) is 73.9 Å². The summed E-state index contributed by atoms with van der Waals surface area (Å²) in [4.78, 5) is 13.3. The first-order valence-electron chi connectivity index (χ1n) is 12.1. The van der Waals surface area contributed by atoms with Crippen molar-refractivity contribution < 1.29 is 24.5 Å². The minimum atomic E-state index is 0. The maximum atomic E-state index is 5.97. The Labute approximate surface area is 231 Å². The normalized spacial score (nSPS) is 10.7. The summed E-state index contributed by atoms with van der Waals surface area (Å²) < 4.78 is 5.97. The van der Waals surface area contributed by atoms with Gasteiger partial charge in [0.25, 0.3) is 0 Å². The Bertz CT molecular complexity index is 1620. The van der Waals surface area contributed by atoms with E-state index in [1.165, 1.54) is 16.7 Å². The quantitative estimate of drug-likeness (QED) is 0.180. The third-order valence-corrected chi connectivity index (χ3v) is 6.14. The van der Waals surface area contributed by atoms with Gasteiger partial charge in [-0.25, -0.2) is 4.98 Å². The fraction of sp³-hybridized carbons (Fsp3) is 0.156. The summed E-state index contributed by atoms with van der Waals surface area (Å²) in [5, 5.41) is 2.07. The predicted molar refractivity (Wildman–Crippen MR) is 146 cm³/mol. The number of nitrogens with zero attached hydrogens (tertiary/aromatic N) is 3. The summed E-state index contributed by atoms with van der Waals surface area (Å²) in [7, 11) is 0. The zero-order chi connectivity index (χ0) is 25.1. The van der Waals surface area contributed by atoms with Crippen LogP contribution in [0.25, 0.3) is 44.6 Å². The predicted octanol–water partition coefficient (Wildman–Crippen LogP) is 8.13. The van der Waals surface area contributed by atoms with E-state index in [4.69, 9.17) is 4.42 Å². The monoisotopic (exact) mass is 662 g/mol. The van der Waals surface area contributed by atoms with E-state index in [2.05, 4.69) is 60.0 Å². The van der Waals surface area contributed by atoms with E-state index in [0.717, 1.165) is 38.9 Å². The number of rotatable bonds is 3. The van der Waals surface area contributed by atoms with Gasteiger partial charge < -0.3 is 14.4 Å². The van der Waals surface area contributed by atoms with Gasteiger partial charge in [-0.05, 0) is 54.4 Å². The molecule has 0 atom stereocenters. The molecule has 0 unspecified atom stereocenters. The molecular formula is C32H27IrN3O-2. The zero-order valence-electron chi connectivity index (χ0n) is 21.2. The van der Waals surface area contributed by atoms with Crippen molar-refractivity contribution in [2.75, 3.05) is 0 Å². The molecule has 2 aromatic carbocycles. The summed E-state index contributed by atoms with van der Waals surface area (Å²) >= 11 is 0. The summed E-state index contributed by atoms with van der Waals surface area (Å²) in [6, 6.07) is 28.4. The van der Waals surface area contributed by atoms with Crippen molar-refractivity contribution in [3.63, 3.8) is 0 Å². The molecule has 0 spiro atoms. The first kappa shape index (κ1) is 26.4. The van der Waals surface area contributed by atoms with Gasteiger partial charge in [0.2, 0.25) is 5.71 Å². The van der Waals surface area contributed by atoms with Gasteiger partial charge in [0, 0.05) is 44.1 Å². The van der Waals surface area contributed by atoms with Crippen LogP contribution in [0.2, 0.25) is 0 Å². The van der Waals surface area contributed by atoms with E-state index in [0.29, 0.717) is 11.6 Å². The molecule has 0 aliphatic rings. The van der Waals surface area contributed by atoms with Crippen LogP contribution in [0.15, 0.2) is 89.7 Å². The van der Waals surface area contributed by atoms with Crippen LogP contribution in [0.4, 0.5) is 0 Å². The third-order valence-electron chi connectivity index (χ3n) is 6.14. The SMILES string of the molecule is Cc1cc(-c2[c-]ccc3c2oc2ncccc23)ncc1C(C)C.Cc1ccc(-c2[c-]cccc2)nc1.[Ir]. The molecule has 0 saturated carbocycles. The molecule has 6 aromatic rings. The van der Waals surface area contributed by atoms with Crippen LogP contribution in [0.3, 0.4) is 0 Å². The maximum absolute atomic E-state index is 5.97. The zero-order valence-corrected chi connectivity index (χ0v) is 23.6. The largest absolute Gasteiger partial charge is 0.486 e. The van der Waals surface area contributed by atoms with Gasteiger partial charge in [0.1, 0.15) is 0 Å². The number of aryl methyl sites for hydroxylation is 2. The topological polar surface area (TPSA) is 51.8 Å². The number of hydrogen-bond donors (Lipinski definition) is 0. The third kappa shape index (κ3) is 5.69. The molecule has 0 aliphatic carbocycles. The molecule has 0 N–H and O–H groups in total. The van der Waals surface area contributed by atoms with Gasteiger partial charge in [0.15, 0.2) is 0 Å². The van der Waals surface area contributed by atoms with Crippen molar-refractivity contribution in [2.24, 2.45) is 0 Å².